The van der Waals surface area contributed by atoms with Gasteiger partial charge >= 0.3 is 0 Å². The second kappa shape index (κ2) is 6.51. The Morgan fingerprint density at radius 2 is 2.25 bits per heavy atom. The number of nitrogens with zero attached hydrogens (tertiary/aromatic N) is 3. The van der Waals surface area contributed by atoms with Crippen LogP contribution in [0.3, 0.4) is 0 Å². The summed E-state index contributed by atoms with van der Waals surface area (Å²) < 4.78 is 0. The number of aryl methyl sites for hydroxylation is 1. The van der Waals surface area contributed by atoms with Gasteiger partial charge < -0.3 is 14.8 Å². The first-order chi connectivity index (χ1) is 11.5. The number of aromatic nitrogens is 3. The highest BCUT2D eigenvalue weighted by Crippen LogP contribution is 2.27. The van der Waals surface area contributed by atoms with Crippen LogP contribution in [0.2, 0.25) is 0 Å². The van der Waals surface area contributed by atoms with Gasteiger partial charge in [0.25, 0.3) is 11.5 Å². The molecule has 3 rings (SSSR count). The first-order valence-corrected chi connectivity index (χ1v) is 8.23. The van der Waals surface area contributed by atoms with Crippen LogP contribution in [0.5, 0.6) is 0 Å². The molecule has 0 aromatic carbocycles. The van der Waals surface area contributed by atoms with Gasteiger partial charge in [-0.3, -0.25) is 14.6 Å². The number of hydrogen-bond acceptors (Lipinski definition) is 4. The minimum atomic E-state index is -0.160. The van der Waals surface area contributed by atoms with E-state index in [1.807, 2.05) is 32.0 Å². The Bertz CT molecular complexity index is 792. The smallest absolute Gasteiger partial charge is 0.255 e. The summed E-state index contributed by atoms with van der Waals surface area (Å²) in [4.78, 5) is 38.6. The van der Waals surface area contributed by atoms with Crippen molar-refractivity contribution in [2.45, 2.75) is 25.7 Å². The Labute approximate surface area is 140 Å². The largest absolute Gasteiger partial charge is 0.364 e. The van der Waals surface area contributed by atoms with E-state index >= 15 is 0 Å². The Balaban J connectivity index is 1.78. The molecule has 1 atom stereocenters. The molecule has 1 saturated heterocycles. The van der Waals surface area contributed by atoms with Gasteiger partial charge in [0, 0.05) is 51.1 Å². The third-order valence-corrected chi connectivity index (χ3v) is 4.48. The zero-order valence-electron chi connectivity index (χ0n) is 14.3. The highest BCUT2D eigenvalue weighted by molar-refractivity contribution is 5.95. The van der Waals surface area contributed by atoms with Crippen molar-refractivity contribution in [3.8, 4) is 0 Å². The topological polar surface area (TPSA) is 85.1 Å². The minimum absolute atomic E-state index is 0.0493. The molecule has 2 N–H and O–H groups in total. The molecule has 1 aliphatic heterocycles. The van der Waals surface area contributed by atoms with E-state index in [0.29, 0.717) is 19.0 Å². The van der Waals surface area contributed by atoms with Crippen LogP contribution in [-0.4, -0.2) is 52.9 Å². The lowest BCUT2D eigenvalue weighted by Gasteiger charge is -2.17. The number of carbonyl (C=O) groups is 1. The van der Waals surface area contributed by atoms with E-state index in [4.69, 9.17) is 0 Å². The van der Waals surface area contributed by atoms with E-state index in [1.54, 1.807) is 17.2 Å². The summed E-state index contributed by atoms with van der Waals surface area (Å²) in [6.07, 6.45) is 3.43. The maximum atomic E-state index is 12.7. The molecule has 24 heavy (non-hydrogen) atoms. The molecular weight excluding hydrogens is 306 g/mol. The van der Waals surface area contributed by atoms with Crippen LogP contribution in [0.25, 0.3) is 0 Å². The van der Waals surface area contributed by atoms with Crippen molar-refractivity contribution in [3.63, 3.8) is 0 Å². The van der Waals surface area contributed by atoms with Gasteiger partial charge in [-0.2, -0.15) is 0 Å². The number of anilines is 1. The summed E-state index contributed by atoms with van der Waals surface area (Å²) in [6, 6.07) is 3.38. The molecule has 7 heteroatoms. The molecule has 0 bridgehead atoms. The molecule has 0 spiro atoms. The number of H-pyrrole nitrogens is 2. The van der Waals surface area contributed by atoms with Gasteiger partial charge in [-0.25, -0.2) is 4.98 Å². The van der Waals surface area contributed by atoms with Crippen LogP contribution in [0, 0.1) is 0 Å². The fourth-order valence-electron chi connectivity index (χ4n) is 3.14. The maximum absolute atomic E-state index is 12.7. The van der Waals surface area contributed by atoms with Crippen LogP contribution in [0.15, 0.2) is 23.1 Å². The summed E-state index contributed by atoms with van der Waals surface area (Å²) in [5, 5.41) is 0. The Morgan fingerprint density at radius 1 is 1.46 bits per heavy atom. The Kier molecular flexibility index (Phi) is 4.42. The van der Waals surface area contributed by atoms with E-state index in [-0.39, 0.29) is 17.4 Å². The molecule has 1 fully saturated rings. The molecule has 0 saturated carbocycles. The number of amides is 1. The van der Waals surface area contributed by atoms with Gasteiger partial charge in [0.15, 0.2) is 0 Å². The third kappa shape index (κ3) is 3.06. The first kappa shape index (κ1) is 16.3. The zero-order valence-corrected chi connectivity index (χ0v) is 14.3. The van der Waals surface area contributed by atoms with Crippen LogP contribution in [0.1, 0.15) is 41.0 Å². The SMILES string of the molecule is CCc1[nH]ccc1C(=O)N1CCC(c2cc(=O)[nH]c(N(C)C)n2)C1. The molecule has 1 amide bonds. The summed E-state index contributed by atoms with van der Waals surface area (Å²) in [6.45, 7) is 3.30. The number of hydrogen-bond donors (Lipinski definition) is 2. The lowest BCUT2D eigenvalue weighted by Crippen LogP contribution is -2.29. The molecule has 3 heterocycles. The monoisotopic (exact) mass is 329 g/mol. The molecule has 1 unspecified atom stereocenters. The van der Waals surface area contributed by atoms with Gasteiger partial charge in [-0.15, -0.1) is 0 Å². The molecule has 0 aliphatic carbocycles. The van der Waals surface area contributed by atoms with Gasteiger partial charge in [-0.1, -0.05) is 6.92 Å². The van der Waals surface area contributed by atoms with Crippen LogP contribution in [-0.2, 0) is 6.42 Å². The van der Waals surface area contributed by atoms with E-state index in [9.17, 15) is 9.59 Å². The fourth-order valence-corrected chi connectivity index (χ4v) is 3.14. The van der Waals surface area contributed by atoms with E-state index in [0.717, 1.165) is 29.8 Å². The summed E-state index contributed by atoms with van der Waals surface area (Å²) in [5.41, 5.74) is 2.30. The van der Waals surface area contributed by atoms with E-state index < -0.39 is 0 Å². The molecule has 7 nitrogen and oxygen atoms in total. The molecule has 0 radical (unpaired) electrons. The van der Waals surface area contributed by atoms with Crippen molar-refractivity contribution in [3.05, 3.63) is 45.6 Å². The number of carbonyl (C=O) groups excluding carboxylic acids is 1. The minimum Gasteiger partial charge on any atom is -0.364 e. The Morgan fingerprint density at radius 3 is 2.96 bits per heavy atom. The van der Waals surface area contributed by atoms with Gasteiger partial charge in [-0.05, 0) is 18.9 Å². The summed E-state index contributed by atoms with van der Waals surface area (Å²) in [5.74, 6) is 0.688. The van der Waals surface area contributed by atoms with Crippen molar-refractivity contribution in [2.24, 2.45) is 0 Å². The van der Waals surface area contributed by atoms with Crippen molar-refractivity contribution < 1.29 is 4.79 Å². The summed E-state index contributed by atoms with van der Waals surface area (Å²) >= 11 is 0. The fraction of sp³-hybridized carbons (Fsp3) is 0.471. The molecular formula is C17H23N5O2. The standard InChI is InChI=1S/C17H23N5O2/c1-4-13-12(5-7-18-13)16(24)22-8-6-11(10-22)14-9-15(23)20-17(19-14)21(2)3/h5,7,9,11,18H,4,6,8,10H2,1-3H3,(H,19,20,23). The third-order valence-electron chi connectivity index (χ3n) is 4.48. The number of aromatic amines is 2. The second-order valence-electron chi connectivity index (χ2n) is 6.35. The second-order valence-corrected chi connectivity index (χ2v) is 6.35. The number of likely N-dealkylation sites (tertiary alicyclic amines) is 1. The van der Waals surface area contributed by atoms with Crippen molar-refractivity contribution in [2.75, 3.05) is 32.1 Å². The van der Waals surface area contributed by atoms with Crippen LogP contribution < -0.4 is 10.5 Å². The van der Waals surface area contributed by atoms with Gasteiger partial charge in [0.2, 0.25) is 5.95 Å². The number of nitrogens with one attached hydrogen (secondary N) is 2. The first-order valence-electron chi connectivity index (χ1n) is 8.23. The van der Waals surface area contributed by atoms with E-state index in [2.05, 4.69) is 15.0 Å². The van der Waals surface area contributed by atoms with E-state index in [1.165, 1.54) is 0 Å². The lowest BCUT2D eigenvalue weighted by atomic mass is 10.0. The van der Waals surface area contributed by atoms with Crippen molar-refractivity contribution >= 4 is 11.9 Å². The van der Waals surface area contributed by atoms with Gasteiger partial charge in [0.05, 0.1) is 11.3 Å². The highest BCUT2D eigenvalue weighted by atomic mass is 16.2. The molecule has 128 valence electrons. The van der Waals surface area contributed by atoms with Crippen molar-refractivity contribution in [1.82, 2.24) is 19.9 Å². The predicted molar refractivity (Wildman–Crippen MR) is 92.6 cm³/mol. The van der Waals surface area contributed by atoms with Crippen LogP contribution in [0.4, 0.5) is 5.95 Å². The maximum Gasteiger partial charge on any atom is 0.255 e. The normalized spacial score (nSPS) is 17.3. The average Bonchev–Trinajstić information content (AvgIpc) is 3.22. The quantitative estimate of drug-likeness (QED) is 0.887. The molecule has 2 aromatic heterocycles. The summed E-state index contributed by atoms with van der Waals surface area (Å²) in [7, 11) is 3.68. The number of rotatable bonds is 4. The van der Waals surface area contributed by atoms with Crippen LogP contribution >= 0.6 is 0 Å². The Hall–Kier alpha value is -2.57. The molecule has 2 aromatic rings. The highest BCUT2D eigenvalue weighted by Gasteiger charge is 2.30. The van der Waals surface area contributed by atoms with Crippen molar-refractivity contribution in [1.29, 1.82) is 0 Å². The average molecular weight is 329 g/mol. The zero-order chi connectivity index (χ0) is 17.3. The van der Waals surface area contributed by atoms with Gasteiger partial charge in [0.1, 0.15) is 0 Å². The predicted octanol–water partition coefficient (Wildman–Crippen LogP) is 1.36. The molecule has 1 aliphatic rings. The lowest BCUT2D eigenvalue weighted by molar-refractivity contribution is 0.0790.